The first-order valence-electron chi connectivity index (χ1n) is 5.35. The Bertz CT molecular complexity index is 332. The Kier molecular flexibility index (Phi) is 6.38. The van der Waals surface area contributed by atoms with Gasteiger partial charge in [-0.25, -0.2) is 0 Å². The third kappa shape index (κ3) is 5.45. The summed E-state index contributed by atoms with van der Waals surface area (Å²) in [5.41, 5.74) is 2.55. The van der Waals surface area contributed by atoms with Crippen LogP contribution in [0.1, 0.15) is 12.5 Å². The molecule has 0 radical (unpaired) electrons. The Labute approximate surface area is 106 Å². The van der Waals surface area contributed by atoms with Crippen LogP contribution in [0.4, 0.5) is 0 Å². The van der Waals surface area contributed by atoms with E-state index in [1.165, 1.54) is 11.1 Å². The van der Waals surface area contributed by atoms with Crippen LogP contribution in [0, 0.1) is 0 Å². The number of nitrogens with one attached hydrogen (secondary N) is 1. The standard InChI is InChI=1S/C13H18BrNO/c1-11(10-15-7-8-16-2)9-12-3-5-13(14)6-4-12/h3-6,9,15H,7-8,10H2,1-2H3. The first-order valence-corrected chi connectivity index (χ1v) is 6.14. The first kappa shape index (κ1) is 13.4. The molecule has 0 atom stereocenters. The average molecular weight is 284 g/mol. The number of rotatable bonds is 6. The first-order chi connectivity index (χ1) is 7.72. The average Bonchev–Trinajstić information content (AvgIpc) is 2.28. The van der Waals surface area contributed by atoms with E-state index in [1.54, 1.807) is 7.11 Å². The van der Waals surface area contributed by atoms with Crippen LogP contribution in [0.25, 0.3) is 6.08 Å². The normalized spacial score (nSPS) is 11.8. The van der Waals surface area contributed by atoms with Crippen LogP contribution in [0.3, 0.4) is 0 Å². The van der Waals surface area contributed by atoms with E-state index in [0.29, 0.717) is 0 Å². The lowest BCUT2D eigenvalue weighted by atomic mass is 10.1. The summed E-state index contributed by atoms with van der Waals surface area (Å²) >= 11 is 3.42. The highest BCUT2D eigenvalue weighted by atomic mass is 79.9. The van der Waals surface area contributed by atoms with Crippen molar-refractivity contribution in [3.63, 3.8) is 0 Å². The molecule has 0 bridgehead atoms. The van der Waals surface area contributed by atoms with Crippen molar-refractivity contribution in [2.45, 2.75) is 6.92 Å². The van der Waals surface area contributed by atoms with Crippen molar-refractivity contribution >= 4 is 22.0 Å². The van der Waals surface area contributed by atoms with Gasteiger partial charge in [0.05, 0.1) is 6.61 Å². The summed E-state index contributed by atoms with van der Waals surface area (Å²) in [7, 11) is 1.71. The van der Waals surface area contributed by atoms with E-state index in [-0.39, 0.29) is 0 Å². The number of halogens is 1. The maximum Gasteiger partial charge on any atom is 0.0587 e. The van der Waals surface area contributed by atoms with Gasteiger partial charge in [-0.3, -0.25) is 0 Å². The molecular formula is C13H18BrNO. The molecule has 16 heavy (non-hydrogen) atoms. The molecular weight excluding hydrogens is 266 g/mol. The van der Waals surface area contributed by atoms with Gasteiger partial charge in [-0.1, -0.05) is 39.7 Å². The van der Waals surface area contributed by atoms with Crippen molar-refractivity contribution < 1.29 is 4.74 Å². The molecule has 0 aliphatic rings. The van der Waals surface area contributed by atoms with E-state index in [0.717, 1.165) is 24.2 Å². The van der Waals surface area contributed by atoms with Gasteiger partial charge < -0.3 is 10.1 Å². The molecule has 0 saturated heterocycles. The van der Waals surface area contributed by atoms with Gasteiger partial charge in [-0.15, -0.1) is 0 Å². The molecule has 0 aliphatic heterocycles. The van der Waals surface area contributed by atoms with Gasteiger partial charge in [0.2, 0.25) is 0 Å². The van der Waals surface area contributed by atoms with Crippen LogP contribution in [0.5, 0.6) is 0 Å². The Hall–Kier alpha value is -0.640. The molecule has 1 N–H and O–H groups in total. The summed E-state index contributed by atoms with van der Waals surface area (Å²) in [6.45, 7) is 4.68. The maximum absolute atomic E-state index is 4.97. The minimum Gasteiger partial charge on any atom is -0.383 e. The molecule has 0 aromatic heterocycles. The van der Waals surface area contributed by atoms with Crippen LogP contribution >= 0.6 is 15.9 Å². The predicted octanol–water partition coefficient (Wildman–Crippen LogP) is 3.09. The molecule has 0 spiro atoms. The zero-order chi connectivity index (χ0) is 11.8. The van der Waals surface area contributed by atoms with Gasteiger partial charge in [0.15, 0.2) is 0 Å². The molecule has 1 aromatic rings. The van der Waals surface area contributed by atoms with Crippen LogP contribution < -0.4 is 5.32 Å². The van der Waals surface area contributed by atoms with Gasteiger partial charge in [-0.05, 0) is 24.6 Å². The lowest BCUT2D eigenvalue weighted by Crippen LogP contribution is -2.20. The van der Waals surface area contributed by atoms with E-state index in [4.69, 9.17) is 4.74 Å². The molecule has 0 fully saturated rings. The molecule has 3 heteroatoms. The van der Waals surface area contributed by atoms with Gasteiger partial charge in [-0.2, -0.15) is 0 Å². The maximum atomic E-state index is 4.97. The monoisotopic (exact) mass is 283 g/mol. The fraction of sp³-hybridized carbons (Fsp3) is 0.385. The van der Waals surface area contributed by atoms with Crippen LogP contribution in [0.2, 0.25) is 0 Å². The molecule has 0 amide bonds. The van der Waals surface area contributed by atoms with E-state index < -0.39 is 0 Å². The summed E-state index contributed by atoms with van der Waals surface area (Å²) in [4.78, 5) is 0. The second-order valence-electron chi connectivity index (χ2n) is 3.71. The molecule has 0 heterocycles. The zero-order valence-electron chi connectivity index (χ0n) is 9.79. The smallest absolute Gasteiger partial charge is 0.0587 e. The Morgan fingerprint density at radius 3 is 2.69 bits per heavy atom. The van der Waals surface area contributed by atoms with Crippen molar-refractivity contribution in [3.8, 4) is 0 Å². The number of hydrogen-bond donors (Lipinski definition) is 1. The second kappa shape index (κ2) is 7.60. The largest absolute Gasteiger partial charge is 0.383 e. The van der Waals surface area contributed by atoms with Crippen molar-refractivity contribution in [3.05, 3.63) is 39.9 Å². The van der Waals surface area contributed by atoms with Gasteiger partial charge in [0.25, 0.3) is 0 Å². The number of ether oxygens (including phenoxy) is 1. The van der Waals surface area contributed by atoms with Crippen molar-refractivity contribution in [1.29, 1.82) is 0 Å². The van der Waals surface area contributed by atoms with E-state index in [9.17, 15) is 0 Å². The predicted molar refractivity (Wildman–Crippen MR) is 72.5 cm³/mol. The van der Waals surface area contributed by atoms with Crippen molar-refractivity contribution in [2.24, 2.45) is 0 Å². The number of methoxy groups -OCH3 is 1. The third-order valence-electron chi connectivity index (χ3n) is 2.17. The second-order valence-corrected chi connectivity index (χ2v) is 4.63. The van der Waals surface area contributed by atoms with Crippen LogP contribution in [0.15, 0.2) is 34.3 Å². The van der Waals surface area contributed by atoms with E-state index >= 15 is 0 Å². The quantitative estimate of drug-likeness (QED) is 0.811. The Balaban J connectivity index is 2.40. The molecule has 0 aliphatic carbocycles. The molecule has 88 valence electrons. The van der Waals surface area contributed by atoms with Gasteiger partial charge in [0, 0.05) is 24.7 Å². The Morgan fingerprint density at radius 2 is 2.06 bits per heavy atom. The highest BCUT2D eigenvalue weighted by Gasteiger charge is 1.92. The molecule has 0 saturated carbocycles. The van der Waals surface area contributed by atoms with Gasteiger partial charge in [0.1, 0.15) is 0 Å². The molecule has 2 nitrogen and oxygen atoms in total. The summed E-state index contributed by atoms with van der Waals surface area (Å²) in [6.07, 6.45) is 2.19. The summed E-state index contributed by atoms with van der Waals surface area (Å²) in [5, 5.41) is 3.32. The third-order valence-corrected chi connectivity index (χ3v) is 2.70. The summed E-state index contributed by atoms with van der Waals surface area (Å²) in [5.74, 6) is 0. The fourth-order valence-corrected chi connectivity index (χ4v) is 1.62. The van der Waals surface area contributed by atoms with Crippen molar-refractivity contribution in [2.75, 3.05) is 26.8 Å². The van der Waals surface area contributed by atoms with Crippen LogP contribution in [-0.4, -0.2) is 26.8 Å². The Morgan fingerprint density at radius 1 is 1.38 bits per heavy atom. The van der Waals surface area contributed by atoms with E-state index in [1.807, 2.05) is 0 Å². The highest BCUT2D eigenvalue weighted by molar-refractivity contribution is 9.10. The zero-order valence-corrected chi connectivity index (χ0v) is 11.4. The SMILES string of the molecule is COCCNCC(C)=Cc1ccc(Br)cc1. The number of benzene rings is 1. The van der Waals surface area contributed by atoms with E-state index in [2.05, 4.69) is 58.5 Å². The minimum absolute atomic E-state index is 0.756. The lowest BCUT2D eigenvalue weighted by molar-refractivity contribution is 0.200. The topological polar surface area (TPSA) is 21.3 Å². The van der Waals surface area contributed by atoms with Gasteiger partial charge >= 0.3 is 0 Å². The molecule has 1 rings (SSSR count). The minimum atomic E-state index is 0.756. The fourth-order valence-electron chi connectivity index (χ4n) is 1.35. The highest BCUT2D eigenvalue weighted by Crippen LogP contribution is 2.12. The summed E-state index contributed by atoms with van der Waals surface area (Å²) in [6, 6.07) is 8.31. The number of hydrogen-bond acceptors (Lipinski definition) is 2. The molecule has 0 unspecified atom stereocenters. The molecule has 1 aromatic carbocycles. The lowest BCUT2D eigenvalue weighted by Gasteiger charge is -2.04. The van der Waals surface area contributed by atoms with Crippen molar-refractivity contribution in [1.82, 2.24) is 5.32 Å². The van der Waals surface area contributed by atoms with Crippen LogP contribution in [-0.2, 0) is 4.74 Å². The summed E-state index contributed by atoms with van der Waals surface area (Å²) < 4.78 is 6.08.